The number of carbonyl (C=O) groups excluding carboxylic acids is 1. The third kappa shape index (κ3) is 6.10. The predicted octanol–water partition coefficient (Wildman–Crippen LogP) is 3.52. The maximum Gasteiger partial charge on any atom is 0.259 e. The van der Waals surface area contributed by atoms with Crippen LogP contribution in [0.1, 0.15) is 36.9 Å². The van der Waals surface area contributed by atoms with Gasteiger partial charge in [0.05, 0.1) is 11.3 Å². The summed E-state index contributed by atoms with van der Waals surface area (Å²) < 4.78 is 0. The van der Waals surface area contributed by atoms with Crippen molar-refractivity contribution in [2.45, 2.75) is 26.2 Å². The normalized spacial score (nSPS) is 17.6. The zero-order chi connectivity index (χ0) is 21.2. The highest BCUT2D eigenvalue weighted by Crippen LogP contribution is 2.29. The van der Waals surface area contributed by atoms with Crippen LogP contribution in [-0.2, 0) is 4.79 Å². The van der Waals surface area contributed by atoms with Gasteiger partial charge in [-0.15, -0.1) is 24.5 Å². The van der Waals surface area contributed by atoms with Gasteiger partial charge >= 0.3 is 0 Å². The molecule has 1 unspecified atom stereocenters. The molecule has 2 heterocycles. The van der Waals surface area contributed by atoms with Crippen molar-refractivity contribution in [1.82, 2.24) is 20.9 Å². The zero-order valence-electron chi connectivity index (χ0n) is 17.1. The topological polar surface area (TPSA) is 78.4 Å². The van der Waals surface area contributed by atoms with Gasteiger partial charge in [0.2, 0.25) is 0 Å². The molecule has 0 fully saturated rings. The molecule has 3 N–H and O–H groups in total. The molecule has 0 aliphatic carbocycles. The van der Waals surface area contributed by atoms with Gasteiger partial charge in [-0.2, -0.15) is 0 Å². The van der Waals surface area contributed by atoms with Crippen LogP contribution in [0, 0.1) is 0 Å². The molecule has 0 saturated carbocycles. The molecule has 154 valence electrons. The Morgan fingerprint density at radius 3 is 2.86 bits per heavy atom. The number of aromatic nitrogens is 1. The van der Waals surface area contributed by atoms with Gasteiger partial charge in [-0.05, 0) is 26.0 Å². The lowest BCUT2D eigenvalue weighted by atomic mass is 10.0. The first-order chi connectivity index (χ1) is 14.0. The van der Waals surface area contributed by atoms with Crippen molar-refractivity contribution >= 4 is 28.7 Å². The largest absolute Gasteiger partial charge is 0.369 e. The molecule has 0 radical (unpaired) electrons. The molecule has 0 aromatic carbocycles. The van der Waals surface area contributed by atoms with Gasteiger partial charge in [0.15, 0.2) is 0 Å². The molecule has 2 rings (SSSR count). The number of nitrogens with one attached hydrogen (secondary N) is 3. The molecule has 0 bridgehead atoms. The summed E-state index contributed by atoms with van der Waals surface area (Å²) in [6.07, 6.45) is 8.19. The summed E-state index contributed by atoms with van der Waals surface area (Å²) in [4.78, 5) is 21.8. The molecule has 6 nitrogen and oxygen atoms in total. The summed E-state index contributed by atoms with van der Waals surface area (Å²) in [6.45, 7) is 18.0. The number of rotatable bonds is 11. The molecule has 7 heteroatoms. The lowest BCUT2D eigenvalue weighted by Gasteiger charge is -2.18. The molecule has 1 aromatic rings. The number of likely N-dealkylation sites (N-methyl/N-ethyl adjacent to an activating group) is 1. The van der Waals surface area contributed by atoms with E-state index in [1.54, 1.807) is 0 Å². The number of aliphatic imine (C=N–C) groups is 1. The molecule has 29 heavy (non-hydrogen) atoms. The first-order valence-corrected chi connectivity index (χ1v) is 10.5. The van der Waals surface area contributed by atoms with Crippen molar-refractivity contribution in [2.24, 2.45) is 4.99 Å². The fourth-order valence-electron chi connectivity index (χ4n) is 2.74. The Morgan fingerprint density at radius 1 is 1.41 bits per heavy atom. The maximum absolute atomic E-state index is 12.7. The average Bonchev–Trinajstić information content (AvgIpc) is 3.19. The van der Waals surface area contributed by atoms with E-state index in [0.717, 1.165) is 30.1 Å². The van der Waals surface area contributed by atoms with Crippen molar-refractivity contribution in [3.8, 4) is 0 Å². The minimum Gasteiger partial charge on any atom is -0.369 e. The number of amidine groups is 1. The van der Waals surface area contributed by atoms with Gasteiger partial charge < -0.3 is 16.0 Å². The highest BCUT2D eigenvalue weighted by atomic mass is 32.1. The smallest absolute Gasteiger partial charge is 0.259 e. The standard InChI is InChI=1S/C22H29N5OS/c1-6-10-16(7-2)22-26-19(14-29-22)18-13-17(8-3)20(27-21(18)28)25-15(5)24-12-11-23-9-4/h6-8,13-14,16,23-24H,1-2,5,9-12H2,3-4H3,(H,25,27,28)/b17-8-. The third-order valence-corrected chi connectivity index (χ3v) is 5.29. The Labute approximate surface area is 176 Å². The Hall–Kier alpha value is -2.77. The van der Waals surface area contributed by atoms with E-state index >= 15 is 0 Å². The fourth-order valence-corrected chi connectivity index (χ4v) is 3.68. The number of nitrogens with zero attached hydrogens (tertiary/aromatic N) is 2. The summed E-state index contributed by atoms with van der Waals surface area (Å²) in [5.41, 5.74) is 1.99. The van der Waals surface area contributed by atoms with Crippen LogP contribution in [0.3, 0.4) is 0 Å². The van der Waals surface area contributed by atoms with Crippen LogP contribution in [0.15, 0.2) is 65.8 Å². The Morgan fingerprint density at radius 2 is 2.21 bits per heavy atom. The molecule has 0 spiro atoms. The van der Waals surface area contributed by atoms with E-state index < -0.39 is 0 Å². The predicted molar refractivity (Wildman–Crippen MR) is 123 cm³/mol. The van der Waals surface area contributed by atoms with Crippen LogP contribution in [0.2, 0.25) is 0 Å². The van der Waals surface area contributed by atoms with Gasteiger partial charge in [0, 0.05) is 30.0 Å². The minimum absolute atomic E-state index is 0.105. The lowest BCUT2D eigenvalue weighted by molar-refractivity contribution is -0.114. The van der Waals surface area contributed by atoms with E-state index in [-0.39, 0.29) is 11.8 Å². The SMILES string of the molecule is C=CCC(C=C)c1nc(C2=CC(=C/C)/C(=N\C(=C)NCCNCC)NC2=O)cs1. The summed E-state index contributed by atoms with van der Waals surface area (Å²) in [7, 11) is 0. The van der Waals surface area contributed by atoms with E-state index in [2.05, 4.69) is 52.6 Å². The van der Waals surface area contributed by atoms with Crippen LogP contribution in [0.5, 0.6) is 0 Å². The second-order valence-corrected chi connectivity index (χ2v) is 7.27. The van der Waals surface area contributed by atoms with Crippen molar-refractivity contribution < 1.29 is 4.79 Å². The monoisotopic (exact) mass is 411 g/mol. The number of hydrogen-bond acceptors (Lipinski definition) is 6. The van der Waals surface area contributed by atoms with Gasteiger partial charge in [-0.3, -0.25) is 4.79 Å². The maximum atomic E-state index is 12.7. The molecular formula is C22H29N5OS. The molecule has 1 aliphatic rings. The summed E-state index contributed by atoms with van der Waals surface area (Å²) in [5, 5.41) is 12.0. The van der Waals surface area contributed by atoms with Crippen molar-refractivity contribution in [3.63, 3.8) is 0 Å². The van der Waals surface area contributed by atoms with E-state index in [4.69, 9.17) is 0 Å². The van der Waals surface area contributed by atoms with Crippen LogP contribution in [0.4, 0.5) is 0 Å². The van der Waals surface area contributed by atoms with Crippen LogP contribution < -0.4 is 16.0 Å². The van der Waals surface area contributed by atoms with E-state index in [0.29, 0.717) is 29.5 Å². The molecule has 1 amide bonds. The highest BCUT2D eigenvalue weighted by molar-refractivity contribution is 7.09. The van der Waals surface area contributed by atoms with Gasteiger partial charge in [-0.1, -0.05) is 31.7 Å². The Kier molecular flexibility index (Phi) is 8.76. The van der Waals surface area contributed by atoms with Gasteiger partial charge in [0.1, 0.15) is 16.7 Å². The Bertz CT molecular complexity index is 862. The van der Waals surface area contributed by atoms with Crippen LogP contribution in [0.25, 0.3) is 5.57 Å². The quantitative estimate of drug-likeness (QED) is 0.385. The number of carbonyl (C=O) groups is 1. The summed E-state index contributed by atoms with van der Waals surface area (Å²) in [5.74, 6) is 0.857. The Balaban J connectivity index is 2.19. The lowest BCUT2D eigenvalue weighted by Crippen LogP contribution is -2.36. The number of hydrogen-bond donors (Lipinski definition) is 3. The summed E-state index contributed by atoms with van der Waals surface area (Å²) >= 11 is 1.52. The molecule has 1 aliphatic heterocycles. The highest BCUT2D eigenvalue weighted by Gasteiger charge is 2.24. The van der Waals surface area contributed by atoms with Crippen molar-refractivity contribution in [3.05, 3.63) is 71.5 Å². The average molecular weight is 412 g/mol. The third-order valence-electron chi connectivity index (χ3n) is 4.31. The second-order valence-electron chi connectivity index (χ2n) is 6.38. The molecule has 1 aromatic heterocycles. The van der Waals surface area contributed by atoms with Crippen molar-refractivity contribution in [1.29, 1.82) is 0 Å². The zero-order valence-corrected chi connectivity index (χ0v) is 17.9. The fraction of sp³-hybridized carbons (Fsp3) is 0.318. The van der Waals surface area contributed by atoms with Crippen LogP contribution >= 0.6 is 11.3 Å². The van der Waals surface area contributed by atoms with E-state index in [1.807, 2.05) is 36.6 Å². The first-order valence-electron chi connectivity index (χ1n) is 9.65. The van der Waals surface area contributed by atoms with E-state index in [1.165, 1.54) is 11.3 Å². The second kappa shape index (κ2) is 11.3. The van der Waals surface area contributed by atoms with Gasteiger partial charge in [-0.25, -0.2) is 9.98 Å². The molecular weight excluding hydrogens is 382 g/mol. The van der Waals surface area contributed by atoms with Crippen LogP contribution in [-0.4, -0.2) is 36.4 Å². The molecule has 0 saturated heterocycles. The van der Waals surface area contributed by atoms with Gasteiger partial charge in [0.25, 0.3) is 5.91 Å². The minimum atomic E-state index is -0.231. The van der Waals surface area contributed by atoms with E-state index in [9.17, 15) is 4.79 Å². The number of amides is 1. The number of allylic oxidation sites excluding steroid dienone is 3. The number of thiazole rings is 1. The first kappa shape index (κ1) is 22.5. The van der Waals surface area contributed by atoms with Crippen molar-refractivity contribution in [2.75, 3.05) is 19.6 Å². The molecule has 1 atom stereocenters. The summed E-state index contributed by atoms with van der Waals surface area (Å²) in [6, 6.07) is 0.